The van der Waals surface area contributed by atoms with Gasteiger partial charge in [-0.05, 0) is 54.7 Å². The summed E-state index contributed by atoms with van der Waals surface area (Å²) in [6.45, 7) is 6.67. The first kappa shape index (κ1) is 18.0. The first-order valence-corrected chi connectivity index (χ1v) is 8.34. The molecule has 0 fully saturated rings. The van der Waals surface area contributed by atoms with Crippen LogP contribution in [0.15, 0.2) is 48.5 Å². The van der Waals surface area contributed by atoms with Crippen molar-refractivity contribution in [2.24, 2.45) is 0 Å². The molecule has 2 N–H and O–H groups in total. The van der Waals surface area contributed by atoms with E-state index < -0.39 is 0 Å². The highest BCUT2D eigenvalue weighted by Crippen LogP contribution is 2.17. The van der Waals surface area contributed by atoms with E-state index in [1.165, 1.54) is 17.7 Å². The van der Waals surface area contributed by atoms with Gasteiger partial charge < -0.3 is 10.6 Å². The van der Waals surface area contributed by atoms with Gasteiger partial charge in [-0.15, -0.1) is 0 Å². The molecule has 2 aromatic rings. The lowest BCUT2D eigenvalue weighted by atomic mass is 10.0. The Kier molecular flexibility index (Phi) is 6.36. The number of anilines is 1. The van der Waals surface area contributed by atoms with Crippen molar-refractivity contribution < 1.29 is 9.18 Å². The van der Waals surface area contributed by atoms with Gasteiger partial charge in [0.1, 0.15) is 11.9 Å². The first-order chi connectivity index (χ1) is 11.5. The SMILES string of the molecule is CC(Nc1ccc(C(C)C)cc1)C(=O)NCCc1ccc(F)cc1. The van der Waals surface area contributed by atoms with E-state index in [2.05, 4.69) is 36.6 Å². The Labute approximate surface area is 143 Å². The third-order valence-electron chi connectivity index (χ3n) is 3.98. The van der Waals surface area contributed by atoms with E-state index in [0.29, 0.717) is 18.9 Å². The largest absolute Gasteiger partial charge is 0.374 e. The molecule has 0 spiro atoms. The summed E-state index contributed by atoms with van der Waals surface area (Å²) >= 11 is 0. The normalized spacial score (nSPS) is 12.0. The minimum atomic E-state index is -0.317. The minimum absolute atomic E-state index is 0.0509. The Hall–Kier alpha value is -2.36. The summed E-state index contributed by atoms with van der Waals surface area (Å²) in [5.41, 5.74) is 3.21. The molecule has 0 radical (unpaired) electrons. The Morgan fingerprint density at radius 1 is 1.00 bits per heavy atom. The van der Waals surface area contributed by atoms with E-state index in [0.717, 1.165) is 11.3 Å². The lowest BCUT2D eigenvalue weighted by molar-refractivity contribution is -0.121. The Morgan fingerprint density at radius 3 is 2.21 bits per heavy atom. The number of carbonyl (C=O) groups is 1. The topological polar surface area (TPSA) is 41.1 Å². The van der Waals surface area contributed by atoms with Crippen LogP contribution in [0.3, 0.4) is 0 Å². The summed E-state index contributed by atoms with van der Waals surface area (Å²) in [4.78, 5) is 12.1. The Morgan fingerprint density at radius 2 is 1.62 bits per heavy atom. The molecule has 0 bridgehead atoms. The second-order valence-electron chi connectivity index (χ2n) is 6.31. The lowest BCUT2D eigenvalue weighted by Crippen LogP contribution is -2.38. The molecule has 0 aromatic heterocycles. The summed E-state index contributed by atoms with van der Waals surface area (Å²) in [6, 6.07) is 14.2. The highest BCUT2D eigenvalue weighted by atomic mass is 19.1. The van der Waals surface area contributed by atoms with Crippen molar-refractivity contribution >= 4 is 11.6 Å². The summed E-state index contributed by atoms with van der Waals surface area (Å²) < 4.78 is 12.8. The van der Waals surface area contributed by atoms with Crippen molar-refractivity contribution in [1.82, 2.24) is 5.32 Å². The highest BCUT2D eigenvalue weighted by Gasteiger charge is 2.12. The second-order valence-corrected chi connectivity index (χ2v) is 6.31. The number of halogens is 1. The van der Waals surface area contributed by atoms with Gasteiger partial charge in [-0.2, -0.15) is 0 Å². The van der Waals surface area contributed by atoms with Crippen molar-refractivity contribution in [3.63, 3.8) is 0 Å². The third-order valence-corrected chi connectivity index (χ3v) is 3.98. The molecule has 0 heterocycles. The average Bonchev–Trinajstić information content (AvgIpc) is 2.57. The molecule has 0 saturated heterocycles. The third kappa shape index (κ3) is 5.37. The molecule has 4 heteroatoms. The number of carbonyl (C=O) groups excluding carboxylic acids is 1. The standard InChI is InChI=1S/C20H25FN2O/c1-14(2)17-6-10-19(11-7-17)23-15(3)20(24)22-13-12-16-4-8-18(21)9-5-16/h4-11,14-15,23H,12-13H2,1-3H3,(H,22,24). The summed E-state index contributed by atoms with van der Waals surface area (Å²) in [5, 5.41) is 6.10. The fourth-order valence-corrected chi connectivity index (χ4v) is 2.41. The molecule has 24 heavy (non-hydrogen) atoms. The van der Waals surface area contributed by atoms with Gasteiger partial charge in [0.2, 0.25) is 5.91 Å². The van der Waals surface area contributed by atoms with Gasteiger partial charge in [0, 0.05) is 12.2 Å². The fourth-order valence-electron chi connectivity index (χ4n) is 2.41. The molecule has 2 aromatic carbocycles. The summed E-state index contributed by atoms with van der Waals surface area (Å²) in [5.74, 6) is 0.195. The number of hydrogen-bond acceptors (Lipinski definition) is 2. The van der Waals surface area contributed by atoms with Gasteiger partial charge in [-0.25, -0.2) is 4.39 Å². The number of rotatable bonds is 7. The van der Waals surface area contributed by atoms with Crippen LogP contribution in [0, 0.1) is 5.82 Å². The molecule has 3 nitrogen and oxygen atoms in total. The zero-order valence-electron chi connectivity index (χ0n) is 14.5. The first-order valence-electron chi connectivity index (χ1n) is 8.34. The summed E-state index contributed by atoms with van der Waals surface area (Å²) in [6.07, 6.45) is 0.682. The van der Waals surface area contributed by atoms with Crippen molar-refractivity contribution in [2.45, 2.75) is 39.2 Å². The maximum Gasteiger partial charge on any atom is 0.242 e. The van der Waals surface area contributed by atoms with Crippen LogP contribution in [0.25, 0.3) is 0 Å². The smallest absolute Gasteiger partial charge is 0.242 e. The van der Waals surface area contributed by atoms with Crippen LogP contribution in [0.2, 0.25) is 0 Å². The van der Waals surface area contributed by atoms with Crippen LogP contribution in [-0.2, 0) is 11.2 Å². The van der Waals surface area contributed by atoms with Gasteiger partial charge in [0.15, 0.2) is 0 Å². The number of nitrogens with one attached hydrogen (secondary N) is 2. The second kappa shape index (κ2) is 8.48. The fraction of sp³-hybridized carbons (Fsp3) is 0.350. The molecular weight excluding hydrogens is 303 g/mol. The lowest BCUT2D eigenvalue weighted by Gasteiger charge is -2.16. The highest BCUT2D eigenvalue weighted by molar-refractivity contribution is 5.84. The van der Waals surface area contributed by atoms with E-state index in [1.807, 2.05) is 19.1 Å². The number of amides is 1. The monoisotopic (exact) mass is 328 g/mol. The zero-order chi connectivity index (χ0) is 17.5. The van der Waals surface area contributed by atoms with Crippen LogP contribution in [0.1, 0.15) is 37.8 Å². The van der Waals surface area contributed by atoms with Crippen molar-refractivity contribution in [2.75, 3.05) is 11.9 Å². The Balaban J connectivity index is 1.78. The van der Waals surface area contributed by atoms with Gasteiger partial charge in [0.05, 0.1) is 0 Å². The van der Waals surface area contributed by atoms with Crippen molar-refractivity contribution in [3.05, 3.63) is 65.5 Å². The Bertz CT molecular complexity index is 650. The van der Waals surface area contributed by atoms with E-state index in [1.54, 1.807) is 12.1 Å². The maximum atomic E-state index is 12.8. The molecule has 0 aliphatic carbocycles. The van der Waals surface area contributed by atoms with E-state index in [9.17, 15) is 9.18 Å². The van der Waals surface area contributed by atoms with E-state index in [-0.39, 0.29) is 17.8 Å². The molecule has 0 aliphatic heterocycles. The van der Waals surface area contributed by atoms with Crippen LogP contribution < -0.4 is 10.6 Å². The average molecular weight is 328 g/mol. The summed E-state index contributed by atoms with van der Waals surface area (Å²) in [7, 11) is 0. The number of benzene rings is 2. The van der Waals surface area contributed by atoms with Gasteiger partial charge in [0.25, 0.3) is 0 Å². The molecule has 0 aliphatic rings. The van der Waals surface area contributed by atoms with Gasteiger partial charge in [-0.1, -0.05) is 38.1 Å². The predicted molar refractivity (Wildman–Crippen MR) is 96.7 cm³/mol. The molecule has 1 atom stereocenters. The van der Waals surface area contributed by atoms with E-state index in [4.69, 9.17) is 0 Å². The quantitative estimate of drug-likeness (QED) is 0.803. The number of hydrogen-bond donors (Lipinski definition) is 2. The van der Waals surface area contributed by atoms with Gasteiger partial charge in [-0.3, -0.25) is 4.79 Å². The zero-order valence-corrected chi connectivity index (χ0v) is 14.5. The van der Waals surface area contributed by atoms with Crippen LogP contribution >= 0.6 is 0 Å². The minimum Gasteiger partial charge on any atom is -0.374 e. The van der Waals surface area contributed by atoms with Gasteiger partial charge >= 0.3 is 0 Å². The molecule has 128 valence electrons. The van der Waals surface area contributed by atoms with Crippen molar-refractivity contribution in [1.29, 1.82) is 0 Å². The van der Waals surface area contributed by atoms with Crippen molar-refractivity contribution in [3.8, 4) is 0 Å². The molecular formula is C20H25FN2O. The molecule has 2 rings (SSSR count). The van der Waals surface area contributed by atoms with Crippen LogP contribution in [-0.4, -0.2) is 18.5 Å². The maximum absolute atomic E-state index is 12.8. The van der Waals surface area contributed by atoms with Crippen LogP contribution in [0.5, 0.6) is 0 Å². The van der Waals surface area contributed by atoms with Crippen LogP contribution in [0.4, 0.5) is 10.1 Å². The molecule has 1 amide bonds. The molecule has 0 saturated carbocycles. The molecule has 1 unspecified atom stereocenters. The van der Waals surface area contributed by atoms with E-state index >= 15 is 0 Å². The predicted octanol–water partition coefficient (Wildman–Crippen LogP) is 4.11.